The van der Waals surface area contributed by atoms with Gasteiger partial charge in [0.05, 0.1) is 5.56 Å². The van der Waals surface area contributed by atoms with Gasteiger partial charge in [-0.05, 0) is 66.9 Å². The van der Waals surface area contributed by atoms with Gasteiger partial charge >= 0.3 is 0 Å². The second kappa shape index (κ2) is 7.27. The molecule has 2 atom stereocenters. The maximum absolute atomic E-state index is 12.2. The largest absolute Gasteiger partial charge is 0.348 e. The van der Waals surface area contributed by atoms with Gasteiger partial charge < -0.3 is 10.6 Å². The minimum absolute atomic E-state index is 0. The van der Waals surface area contributed by atoms with E-state index in [9.17, 15) is 4.79 Å². The van der Waals surface area contributed by atoms with E-state index in [2.05, 4.69) is 33.5 Å². The summed E-state index contributed by atoms with van der Waals surface area (Å²) in [5, 5.41) is 6.50. The van der Waals surface area contributed by atoms with Crippen molar-refractivity contribution in [2.75, 3.05) is 6.54 Å². The zero-order valence-electron chi connectivity index (χ0n) is 11.2. The van der Waals surface area contributed by atoms with Crippen LogP contribution in [0.3, 0.4) is 0 Å². The van der Waals surface area contributed by atoms with Gasteiger partial charge in [0.1, 0.15) is 0 Å². The molecule has 0 radical (unpaired) electrons. The summed E-state index contributed by atoms with van der Waals surface area (Å²) in [5.74, 6) is 0.00225. The van der Waals surface area contributed by atoms with E-state index in [-0.39, 0.29) is 24.4 Å². The van der Waals surface area contributed by atoms with Crippen molar-refractivity contribution < 1.29 is 4.79 Å². The van der Waals surface area contributed by atoms with Gasteiger partial charge in [0.2, 0.25) is 0 Å². The Hall–Kier alpha value is -0.580. The van der Waals surface area contributed by atoms with Crippen LogP contribution in [0.4, 0.5) is 0 Å². The number of benzene rings is 1. The fourth-order valence-corrected chi connectivity index (χ4v) is 2.96. The Bertz CT molecular complexity index is 453. The highest BCUT2D eigenvalue weighted by atomic mass is 79.9. The lowest BCUT2D eigenvalue weighted by Gasteiger charge is -2.30. The van der Waals surface area contributed by atoms with E-state index in [0.29, 0.717) is 11.6 Å². The first-order valence-corrected chi connectivity index (χ1v) is 7.17. The normalized spacial score (nSPS) is 22.5. The van der Waals surface area contributed by atoms with Gasteiger partial charge in [0.25, 0.3) is 5.91 Å². The number of hydrogen-bond donors (Lipinski definition) is 2. The molecule has 2 unspecified atom stereocenters. The van der Waals surface area contributed by atoms with Crippen molar-refractivity contribution in [3.63, 3.8) is 0 Å². The molecular weight excluding hydrogens is 328 g/mol. The number of nitrogens with one attached hydrogen (secondary N) is 2. The Morgan fingerprint density at radius 3 is 2.84 bits per heavy atom. The van der Waals surface area contributed by atoms with Crippen LogP contribution in [0.2, 0.25) is 0 Å². The standard InChI is InChI=1S/C14H19BrN2O.ClH/c1-9-5-6-11(12(15)8-9)14(18)17-13-4-3-7-16-10(13)2;/h5-6,8,10,13,16H,3-4,7H2,1-2H3,(H,17,18);1H. The van der Waals surface area contributed by atoms with Crippen molar-refractivity contribution in [1.82, 2.24) is 10.6 Å². The summed E-state index contributed by atoms with van der Waals surface area (Å²) in [6.07, 6.45) is 2.16. The lowest BCUT2D eigenvalue weighted by Crippen LogP contribution is -2.51. The number of halogens is 2. The minimum atomic E-state index is 0. The highest BCUT2D eigenvalue weighted by molar-refractivity contribution is 9.10. The molecule has 0 aromatic heterocycles. The van der Waals surface area contributed by atoms with Gasteiger partial charge in [-0.3, -0.25) is 4.79 Å². The quantitative estimate of drug-likeness (QED) is 0.863. The Kier molecular flexibility index (Phi) is 6.30. The van der Waals surface area contributed by atoms with Gasteiger partial charge in [-0.2, -0.15) is 0 Å². The van der Waals surface area contributed by atoms with Gasteiger partial charge in [0, 0.05) is 16.6 Å². The van der Waals surface area contributed by atoms with E-state index in [1.807, 2.05) is 25.1 Å². The predicted octanol–water partition coefficient (Wildman–Crippen LogP) is 3.05. The minimum Gasteiger partial charge on any atom is -0.348 e. The second-order valence-electron chi connectivity index (χ2n) is 4.95. The highest BCUT2D eigenvalue weighted by Gasteiger charge is 2.23. The average Bonchev–Trinajstić information content (AvgIpc) is 2.32. The van der Waals surface area contributed by atoms with E-state index in [1.54, 1.807) is 0 Å². The van der Waals surface area contributed by atoms with Gasteiger partial charge in [-0.15, -0.1) is 12.4 Å². The molecule has 1 heterocycles. The maximum Gasteiger partial charge on any atom is 0.252 e. The van der Waals surface area contributed by atoms with Crippen molar-refractivity contribution in [2.24, 2.45) is 0 Å². The van der Waals surface area contributed by atoms with E-state index in [0.717, 1.165) is 29.4 Å². The summed E-state index contributed by atoms with van der Waals surface area (Å²) >= 11 is 3.45. The van der Waals surface area contributed by atoms with Crippen molar-refractivity contribution in [3.05, 3.63) is 33.8 Å². The number of piperidine rings is 1. The Morgan fingerprint density at radius 2 is 2.21 bits per heavy atom. The van der Waals surface area contributed by atoms with Crippen molar-refractivity contribution in [2.45, 2.75) is 38.8 Å². The van der Waals surface area contributed by atoms with E-state index >= 15 is 0 Å². The van der Waals surface area contributed by atoms with Crippen LogP contribution >= 0.6 is 28.3 Å². The Morgan fingerprint density at radius 1 is 1.47 bits per heavy atom. The third-order valence-electron chi connectivity index (χ3n) is 3.45. The summed E-state index contributed by atoms with van der Waals surface area (Å²) in [6, 6.07) is 6.36. The maximum atomic E-state index is 12.2. The molecule has 19 heavy (non-hydrogen) atoms. The predicted molar refractivity (Wildman–Crippen MR) is 84.1 cm³/mol. The molecule has 1 amide bonds. The molecule has 0 spiro atoms. The summed E-state index contributed by atoms with van der Waals surface area (Å²) in [5.41, 5.74) is 1.85. The zero-order chi connectivity index (χ0) is 13.1. The third kappa shape index (κ3) is 4.20. The smallest absolute Gasteiger partial charge is 0.252 e. The molecular formula is C14H20BrClN2O. The fourth-order valence-electron chi connectivity index (χ4n) is 2.29. The van der Waals surface area contributed by atoms with Crippen LogP contribution < -0.4 is 10.6 Å². The van der Waals surface area contributed by atoms with Crippen molar-refractivity contribution in [1.29, 1.82) is 0 Å². The number of amides is 1. The van der Waals surface area contributed by atoms with Gasteiger partial charge in [-0.25, -0.2) is 0 Å². The summed E-state index contributed by atoms with van der Waals surface area (Å²) in [7, 11) is 0. The van der Waals surface area contributed by atoms with E-state index in [4.69, 9.17) is 0 Å². The van der Waals surface area contributed by atoms with E-state index < -0.39 is 0 Å². The molecule has 1 aromatic rings. The monoisotopic (exact) mass is 346 g/mol. The molecule has 3 nitrogen and oxygen atoms in total. The Balaban J connectivity index is 0.00000180. The molecule has 1 fully saturated rings. The lowest BCUT2D eigenvalue weighted by atomic mass is 9.99. The molecule has 106 valence electrons. The number of hydrogen-bond acceptors (Lipinski definition) is 2. The summed E-state index contributed by atoms with van der Waals surface area (Å²) in [4.78, 5) is 12.2. The Labute approximate surface area is 129 Å². The van der Waals surface area contributed by atoms with Crippen molar-refractivity contribution in [3.8, 4) is 0 Å². The summed E-state index contributed by atoms with van der Waals surface area (Å²) < 4.78 is 0.858. The summed E-state index contributed by atoms with van der Waals surface area (Å²) in [6.45, 7) is 5.18. The molecule has 1 aliphatic heterocycles. The molecule has 1 saturated heterocycles. The molecule has 2 N–H and O–H groups in total. The SMILES string of the molecule is Cc1ccc(C(=O)NC2CCCNC2C)c(Br)c1.Cl. The lowest BCUT2D eigenvalue weighted by molar-refractivity contribution is 0.0919. The first-order valence-electron chi connectivity index (χ1n) is 6.38. The topological polar surface area (TPSA) is 41.1 Å². The average molecular weight is 348 g/mol. The fraction of sp³-hybridized carbons (Fsp3) is 0.500. The van der Waals surface area contributed by atoms with Crippen LogP contribution in [0.15, 0.2) is 22.7 Å². The molecule has 5 heteroatoms. The van der Waals surface area contributed by atoms with Crippen LogP contribution in [-0.4, -0.2) is 24.5 Å². The number of rotatable bonds is 2. The molecule has 0 aliphatic carbocycles. The first-order chi connectivity index (χ1) is 8.58. The number of carbonyl (C=O) groups excluding carboxylic acids is 1. The van der Waals surface area contributed by atoms with Crippen LogP contribution in [0.5, 0.6) is 0 Å². The van der Waals surface area contributed by atoms with Crippen LogP contribution in [0.25, 0.3) is 0 Å². The van der Waals surface area contributed by atoms with Crippen LogP contribution in [0, 0.1) is 6.92 Å². The van der Waals surface area contributed by atoms with Crippen LogP contribution in [0.1, 0.15) is 35.7 Å². The van der Waals surface area contributed by atoms with Gasteiger partial charge in [0.15, 0.2) is 0 Å². The van der Waals surface area contributed by atoms with E-state index in [1.165, 1.54) is 0 Å². The third-order valence-corrected chi connectivity index (χ3v) is 4.10. The molecule has 0 saturated carbocycles. The zero-order valence-corrected chi connectivity index (χ0v) is 13.6. The molecule has 1 aliphatic rings. The first kappa shape index (κ1) is 16.5. The second-order valence-corrected chi connectivity index (χ2v) is 5.80. The van der Waals surface area contributed by atoms with Crippen LogP contribution in [-0.2, 0) is 0 Å². The highest BCUT2D eigenvalue weighted by Crippen LogP contribution is 2.19. The molecule has 0 bridgehead atoms. The van der Waals surface area contributed by atoms with Gasteiger partial charge in [-0.1, -0.05) is 6.07 Å². The number of carbonyl (C=O) groups is 1. The van der Waals surface area contributed by atoms with Crippen molar-refractivity contribution >= 4 is 34.2 Å². The number of aryl methyl sites for hydroxylation is 1. The molecule has 1 aromatic carbocycles. The molecule has 2 rings (SSSR count).